The van der Waals surface area contributed by atoms with E-state index in [1.165, 1.54) is 18.5 Å². The Balaban J connectivity index is 1.26. The van der Waals surface area contributed by atoms with E-state index < -0.39 is 11.2 Å². The van der Waals surface area contributed by atoms with Gasteiger partial charge < -0.3 is 38.9 Å². The number of benzene rings is 2. The van der Waals surface area contributed by atoms with Crippen molar-refractivity contribution in [2.75, 3.05) is 35.8 Å². The Kier molecular flexibility index (Phi) is 8.03. The van der Waals surface area contributed by atoms with Crippen LogP contribution in [0.4, 0.5) is 22.9 Å². The van der Waals surface area contributed by atoms with Crippen molar-refractivity contribution in [2.24, 2.45) is 0 Å². The predicted octanol–water partition coefficient (Wildman–Crippen LogP) is 5.32. The third-order valence-electron chi connectivity index (χ3n) is 7.59. The molecule has 1 atom stereocenters. The molecule has 2 aliphatic heterocycles. The van der Waals surface area contributed by atoms with E-state index in [-0.39, 0.29) is 12.0 Å². The van der Waals surface area contributed by atoms with Crippen molar-refractivity contribution in [3.63, 3.8) is 0 Å². The van der Waals surface area contributed by atoms with Crippen molar-refractivity contribution in [3.05, 3.63) is 89.9 Å². The maximum Gasteiger partial charge on any atom is 0.336 e. The second kappa shape index (κ2) is 12.2. The van der Waals surface area contributed by atoms with Crippen molar-refractivity contribution >= 4 is 39.8 Å². The minimum Gasteiger partial charge on any atom is -0.500 e. The summed E-state index contributed by atoms with van der Waals surface area (Å²) in [5, 5.41) is 6.96. The summed E-state index contributed by atoms with van der Waals surface area (Å²) in [6.45, 7) is 8.74. The fourth-order valence-electron chi connectivity index (χ4n) is 5.27. The summed E-state index contributed by atoms with van der Waals surface area (Å²) in [5.41, 5.74) is 2.10. The minimum absolute atomic E-state index is 0.342. The van der Waals surface area contributed by atoms with E-state index in [2.05, 4.69) is 27.2 Å². The van der Waals surface area contributed by atoms with Crippen molar-refractivity contribution in [1.82, 2.24) is 9.97 Å². The first-order valence-electron chi connectivity index (χ1n) is 14.4. The third-order valence-corrected chi connectivity index (χ3v) is 7.59. The van der Waals surface area contributed by atoms with E-state index in [0.29, 0.717) is 59.7 Å². The molecule has 12 heteroatoms. The van der Waals surface area contributed by atoms with Gasteiger partial charge in [0.15, 0.2) is 0 Å². The summed E-state index contributed by atoms with van der Waals surface area (Å²) in [6, 6.07) is 12.1. The Labute approximate surface area is 259 Å². The summed E-state index contributed by atoms with van der Waals surface area (Å²) < 4.78 is 29.2. The van der Waals surface area contributed by atoms with E-state index in [1.54, 1.807) is 37.6 Å². The van der Waals surface area contributed by atoms with Crippen LogP contribution in [0.25, 0.3) is 11.0 Å². The van der Waals surface area contributed by atoms with Gasteiger partial charge in [0, 0.05) is 48.8 Å². The molecule has 0 aliphatic carbocycles. The van der Waals surface area contributed by atoms with Crippen LogP contribution in [0, 0.1) is 0 Å². The molecule has 45 heavy (non-hydrogen) atoms. The third kappa shape index (κ3) is 6.40. The highest BCUT2D eigenvalue weighted by Crippen LogP contribution is 2.40. The number of hydrogen-bond acceptors (Lipinski definition) is 11. The SMILES string of the molecule is C=CC(=O)Nc1cc(Nc2cc(O[C@H]3Cc4cc5ccc(=O)oc5cc4OC3(C)C)ncn2)c(OC)cc1N1C=COCCC1. The number of aromatic nitrogens is 2. The molecule has 0 radical (unpaired) electrons. The quantitative estimate of drug-likeness (QED) is 0.198. The maximum absolute atomic E-state index is 12.3. The van der Waals surface area contributed by atoms with Crippen molar-refractivity contribution in [2.45, 2.75) is 38.4 Å². The molecule has 2 N–H and O–H groups in total. The van der Waals surface area contributed by atoms with Crippen LogP contribution in [-0.2, 0) is 16.0 Å². The Hall–Kier alpha value is -5.52. The van der Waals surface area contributed by atoms with Crippen molar-refractivity contribution < 1.29 is 28.2 Å². The normalized spacial score (nSPS) is 16.9. The van der Waals surface area contributed by atoms with Gasteiger partial charge in [-0.1, -0.05) is 6.58 Å². The van der Waals surface area contributed by atoms with E-state index >= 15 is 0 Å². The van der Waals surface area contributed by atoms with E-state index in [0.717, 1.165) is 23.1 Å². The molecule has 0 unspecified atom stereocenters. The first-order valence-corrected chi connectivity index (χ1v) is 14.4. The molecule has 2 aromatic heterocycles. The molecule has 6 rings (SSSR count). The molecule has 0 bridgehead atoms. The number of carbonyl (C=O) groups excluding carboxylic acids is 1. The lowest BCUT2D eigenvalue weighted by Gasteiger charge is -2.39. The number of anilines is 4. The number of ether oxygens (including phenoxy) is 4. The lowest BCUT2D eigenvalue weighted by atomic mass is 9.90. The summed E-state index contributed by atoms with van der Waals surface area (Å²) in [5.74, 6) is 1.62. The lowest BCUT2D eigenvalue weighted by Crippen LogP contribution is -2.49. The fraction of sp³-hybridized carbons (Fsp3) is 0.273. The Bertz CT molecular complexity index is 1850. The Morgan fingerprint density at radius 2 is 2.02 bits per heavy atom. The minimum atomic E-state index is -0.724. The van der Waals surface area contributed by atoms with Gasteiger partial charge in [0.2, 0.25) is 11.8 Å². The molecule has 2 aliphatic rings. The van der Waals surface area contributed by atoms with Gasteiger partial charge in [-0.2, -0.15) is 0 Å². The molecule has 4 heterocycles. The maximum atomic E-state index is 12.3. The smallest absolute Gasteiger partial charge is 0.336 e. The molecule has 232 valence electrons. The largest absolute Gasteiger partial charge is 0.500 e. The number of amides is 1. The molecule has 1 amide bonds. The number of nitrogens with zero attached hydrogens (tertiary/aromatic N) is 3. The van der Waals surface area contributed by atoms with Gasteiger partial charge in [-0.25, -0.2) is 14.8 Å². The van der Waals surface area contributed by atoms with Gasteiger partial charge in [-0.05, 0) is 50.1 Å². The van der Waals surface area contributed by atoms with Crippen LogP contribution >= 0.6 is 0 Å². The van der Waals surface area contributed by atoms with E-state index in [9.17, 15) is 9.59 Å². The number of methoxy groups -OCH3 is 1. The highest BCUT2D eigenvalue weighted by atomic mass is 16.6. The fourth-order valence-corrected chi connectivity index (χ4v) is 5.27. The zero-order valence-corrected chi connectivity index (χ0v) is 25.2. The zero-order chi connectivity index (χ0) is 31.6. The number of nitrogens with one attached hydrogen (secondary N) is 2. The first-order chi connectivity index (χ1) is 21.7. The average Bonchev–Trinajstić information content (AvgIpc) is 3.30. The molecule has 0 fully saturated rings. The monoisotopic (exact) mass is 611 g/mol. The summed E-state index contributed by atoms with van der Waals surface area (Å²) >= 11 is 0. The number of rotatable bonds is 8. The molecule has 12 nitrogen and oxygen atoms in total. The second-order valence-electron chi connectivity index (χ2n) is 11.1. The van der Waals surface area contributed by atoms with E-state index in [1.807, 2.05) is 37.1 Å². The van der Waals surface area contributed by atoms with Gasteiger partial charge in [0.05, 0.1) is 37.0 Å². The second-order valence-corrected chi connectivity index (χ2v) is 11.1. The van der Waals surface area contributed by atoms with Crippen molar-refractivity contribution in [1.29, 1.82) is 0 Å². The summed E-state index contributed by atoms with van der Waals surface area (Å²) in [4.78, 5) is 34.8. The van der Waals surface area contributed by atoms with E-state index in [4.69, 9.17) is 23.4 Å². The molecular formula is C33H33N5O7. The van der Waals surface area contributed by atoms with Gasteiger partial charge in [0.25, 0.3) is 0 Å². The van der Waals surface area contributed by atoms with Crippen LogP contribution in [0.2, 0.25) is 0 Å². The van der Waals surface area contributed by atoms with Crippen LogP contribution in [0.3, 0.4) is 0 Å². The standard InChI is InChI=1S/C33H33N5O7/c1-5-30(39)37-22-15-23(27(41-4)16-24(22)38-9-6-11-42-12-10-38)36-29-18-31(35-19-34-29)44-28-14-21-13-20-7-8-32(40)43-25(20)17-26(21)45-33(28,2)3/h5,7-8,10,12-13,15-19,28H,1,6,9,11,14H2,2-4H3,(H,37,39)(H,34,35,36)/t28-/m0/s1. The highest BCUT2D eigenvalue weighted by Gasteiger charge is 2.39. The molecule has 2 aromatic carbocycles. The predicted molar refractivity (Wildman–Crippen MR) is 170 cm³/mol. The Morgan fingerprint density at radius 1 is 1.16 bits per heavy atom. The molecular weight excluding hydrogens is 578 g/mol. The lowest BCUT2D eigenvalue weighted by molar-refractivity contribution is -0.111. The van der Waals surface area contributed by atoms with Gasteiger partial charge in [0.1, 0.15) is 40.9 Å². The van der Waals surface area contributed by atoms with Crippen LogP contribution < -0.4 is 35.4 Å². The van der Waals surface area contributed by atoms with Crippen molar-refractivity contribution in [3.8, 4) is 17.4 Å². The average molecular weight is 612 g/mol. The Morgan fingerprint density at radius 3 is 2.84 bits per heavy atom. The number of hydrogen-bond donors (Lipinski definition) is 2. The van der Waals surface area contributed by atoms with Crippen LogP contribution in [0.5, 0.6) is 17.4 Å². The van der Waals surface area contributed by atoms with Gasteiger partial charge in [-0.15, -0.1) is 0 Å². The van der Waals surface area contributed by atoms with Crippen LogP contribution in [0.15, 0.2) is 83.1 Å². The molecule has 0 saturated carbocycles. The molecule has 0 saturated heterocycles. The first kappa shape index (κ1) is 29.5. The van der Waals surface area contributed by atoms with Gasteiger partial charge in [-0.3, -0.25) is 4.79 Å². The highest BCUT2D eigenvalue weighted by molar-refractivity contribution is 6.02. The van der Waals surface area contributed by atoms with Crippen LogP contribution in [-0.4, -0.2) is 47.8 Å². The number of carbonyl (C=O) groups is 1. The topological polar surface area (TPSA) is 137 Å². The zero-order valence-electron chi connectivity index (χ0n) is 25.2. The summed E-state index contributed by atoms with van der Waals surface area (Å²) in [6.07, 6.45) is 7.03. The van der Waals surface area contributed by atoms with Gasteiger partial charge >= 0.3 is 5.63 Å². The molecule has 0 spiro atoms. The molecule has 4 aromatic rings. The summed E-state index contributed by atoms with van der Waals surface area (Å²) in [7, 11) is 1.57. The number of fused-ring (bicyclic) bond motifs is 2. The van der Waals surface area contributed by atoms with Crippen LogP contribution in [0.1, 0.15) is 25.8 Å².